The number of primary amides is 1. The Bertz CT molecular complexity index is 717. The molecule has 13 nitrogen and oxygen atoms in total. The summed E-state index contributed by atoms with van der Waals surface area (Å²) >= 11 is 3.99. The van der Waals surface area contributed by atoms with Gasteiger partial charge in [-0.1, -0.05) is 13.8 Å². The maximum Gasteiger partial charge on any atom is 0.326 e. The van der Waals surface area contributed by atoms with Gasteiger partial charge in [0.05, 0.1) is 12.5 Å². The van der Waals surface area contributed by atoms with Crippen LogP contribution in [0.25, 0.3) is 0 Å². The fourth-order valence-corrected chi connectivity index (χ4v) is 2.81. The molecule has 0 bridgehead atoms. The van der Waals surface area contributed by atoms with Crippen molar-refractivity contribution < 1.29 is 39.0 Å². The second-order valence-corrected chi connectivity index (χ2v) is 7.91. The van der Waals surface area contributed by atoms with Crippen molar-refractivity contribution in [1.82, 2.24) is 16.0 Å². The second kappa shape index (κ2) is 14.2. The summed E-state index contributed by atoms with van der Waals surface area (Å²) in [6.07, 6.45) is -1.08. The van der Waals surface area contributed by atoms with Gasteiger partial charge in [-0.25, -0.2) is 4.79 Å². The number of hydrogen-bond acceptors (Lipinski definition) is 8. The number of rotatable bonds is 15. The summed E-state index contributed by atoms with van der Waals surface area (Å²) in [6.45, 7) is 3.58. The van der Waals surface area contributed by atoms with Crippen LogP contribution in [0.1, 0.15) is 39.5 Å². The molecule has 0 spiro atoms. The molecule has 0 aliphatic rings. The number of carboxylic acids is 2. The van der Waals surface area contributed by atoms with E-state index in [0.29, 0.717) is 0 Å². The Kier molecular flexibility index (Phi) is 13.0. The molecule has 0 heterocycles. The number of carbonyl (C=O) groups excluding carboxylic acids is 4. The molecule has 0 saturated carbocycles. The molecule has 0 aliphatic heterocycles. The van der Waals surface area contributed by atoms with E-state index in [2.05, 4.69) is 28.6 Å². The number of carboxylic acid groups (broad SMARTS) is 2. The number of carbonyl (C=O) groups is 6. The molecule has 0 radical (unpaired) electrons. The largest absolute Gasteiger partial charge is 0.481 e. The minimum absolute atomic E-state index is 0.0471. The van der Waals surface area contributed by atoms with Gasteiger partial charge in [0, 0.05) is 12.2 Å². The van der Waals surface area contributed by atoms with Crippen LogP contribution in [0.3, 0.4) is 0 Å². The molecule has 14 heteroatoms. The highest BCUT2D eigenvalue weighted by Crippen LogP contribution is 2.07. The molecular weight excluding hydrogens is 446 g/mol. The van der Waals surface area contributed by atoms with E-state index in [0.717, 1.165) is 0 Å². The van der Waals surface area contributed by atoms with E-state index in [1.165, 1.54) is 0 Å². The molecule has 0 aromatic rings. The van der Waals surface area contributed by atoms with E-state index in [9.17, 15) is 28.8 Å². The Labute approximate surface area is 190 Å². The number of nitrogens with one attached hydrogen (secondary N) is 3. The SMILES string of the molecule is CC(C)CC(NC(=O)C(N)CC(N)=O)C(=O)NC(CS)C(=O)NC(CCC(=O)O)C(=O)O. The van der Waals surface area contributed by atoms with Crippen LogP contribution in [-0.4, -0.2) is 75.7 Å². The number of hydrogen-bond donors (Lipinski definition) is 8. The maximum absolute atomic E-state index is 12.7. The minimum Gasteiger partial charge on any atom is -0.481 e. The maximum atomic E-state index is 12.7. The van der Waals surface area contributed by atoms with Crippen molar-refractivity contribution in [2.45, 2.75) is 63.7 Å². The van der Waals surface area contributed by atoms with Crippen molar-refractivity contribution in [2.24, 2.45) is 17.4 Å². The summed E-state index contributed by atoms with van der Waals surface area (Å²) in [5.41, 5.74) is 10.6. The van der Waals surface area contributed by atoms with Gasteiger partial charge in [0.1, 0.15) is 18.1 Å². The first kappa shape index (κ1) is 29.1. The number of amides is 4. The Morgan fingerprint density at radius 3 is 1.81 bits per heavy atom. The molecule has 4 atom stereocenters. The summed E-state index contributed by atoms with van der Waals surface area (Å²) in [5.74, 6) is -6.11. The summed E-state index contributed by atoms with van der Waals surface area (Å²) in [4.78, 5) is 70.2. The topological polar surface area (TPSA) is 231 Å². The lowest BCUT2D eigenvalue weighted by molar-refractivity contribution is -0.143. The van der Waals surface area contributed by atoms with E-state index in [-0.39, 0.29) is 24.5 Å². The van der Waals surface area contributed by atoms with Gasteiger partial charge in [-0.3, -0.25) is 24.0 Å². The zero-order valence-electron chi connectivity index (χ0n) is 17.9. The van der Waals surface area contributed by atoms with E-state index < -0.39 is 72.6 Å². The second-order valence-electron chi connectivity index (χ2n) is 7.54. The summed E-state index contributed by atoms with van der Waals surface area (Å²) < 4.78 is 0. The standard InChI is InChI=1S/C18H31N5O8S/c1-8(2)5-11(22-15(27)9(19)6-13(20)24)16(28)23-12(7-32)17(29)21-10(18(30)31)3-4-14(25)26/h8-12,32H,3-7,19H2,1-2H3,(H2,20,24)(H,21,29)(H,22,27)(H,23,28)(H,25,26)(H,30,31). The summed E-state index contributed by atoms with van der Waals surface area (Å²) in [6, 6.07) is -5.09. The van der Waals surface area contributed by atoms with Crippen molar-refractivity contribution in [3.63, 3.8) is 0 Å². The molecule has 0 saturated heterocycles. The molecule has 4 unspecified atom stereocenters. The third kappa shape index (κ3) is 11.5. The van der Waals surface area contributed by atoms with E-state index >= 15 is 0 Å². The van der Waals surface area contributed by atoms with Crippen LogP contribution >= 0.6 is 12.6 Å². The van der Waals surface area contributed by atoms with Gasteiger partial charge in [0.2, 0.25) is 23.6 Å². The smallest absolute Gasteiger partial charge is 0.326 e. The van der Waals surface area contributed by atoms with Gasteiger partial charge >= 0.3 is 11.9 Å². The lowest BCUT2D eigenvalue weighted by Crippen LogP contribution is -2.58. The summed E-state index contributed by atoms with van der Waals surface area (Å²) in [7, 11) is 0. The molecule has 9 N–H and O–H groups in total. The average Bonchev–Trinajstić information content (AvgIpc) is 2.66. The Hall–Kier alpha value is -2.87. The zero-order valence-corrected chi connectivity index (χ0v) is 18.8. The minimum atomic E-state index is -1.48. The van der Waals surface area contributed by atoms with Crippen LogP contribution in [-0.2, 0) is 28.8 Å². The van der Waals surface area contributed by atoms with Crippen LogP contribution in [0.5, 0.6) is 0 Å². The van der Waals surface area contributed by atoms with Crippen LogP contribution < -0.4 is 27.4 Å². The third-order valence-electron chi connectivity index (χ3n) is 4.17. The fourth-order valence-electron chi connectivity index (χ4n) is 2.56. The van der Waals surface area contributed by atoms with Gasteiger partial charge in [-0.2, -0.15) is 12.6 Å². The van der Waals surface area contributed by atoms with Gasteiger partial charge < -0.3 is 37.6 Å². The van der Waals surface area contributed by atoms with Crippen molar-refractivity contribution in [3.05, 3.63) is 0 Å². The Balaban J connectivity index is 5.25. The third-order valence-corrected chi connectivity index (χ3v) is 4.54. The molecule has 0 fully saturated rings. The van der Waals surface area contributed by atoms with Gasteiger partial charge in [-0.15, -0.1) is 0 Å². The van der Waals surface area contributed by atoms with E-state index in [1.54, 1.807) is 13.8 Å². The molecule has 0 aromatic carbocycles. The first-order valence-corrected chi connectivity index (χ1v) is 10.4. The Morgan fingerprint density at radius 1 is 0.875 bits per heavy atom. The highest BCUT2D eigenvalue weighted by molar-refractivity contribution is 7.80. The molecule has 0 rings (SSSR count). The molecular formula is C18H31N5O8S. The van der Waals surface area contributed by atoms with Crippen LogP contribution in [0.4, 0.5) is 0 Å². The zero-order chi connectivity index (χ0) is 25.0. The van der Waals surface area contributed by atoms with Crippen LogP contribution in [0.2, 0.25) is 0 Å². The van der Waals surface area contributed by atoms with Crippen molar-refractivity contribution in [2.75, 3.05) is 5.75 Å². The van der Waals surface area contributed by atoms with Crippen molar-refractivity contribution >= 4 is 48.2 Å². The molecule has 0 aliphatic carbocycles. The predicted octanol–water partition coefficient (Wildman–Crippen LogP) is -2.43. The normalized spacial score (nSPS) is 14.5. The lowest BCUT2D eigenvalue weighted by Gasteiger charge is -2.25. The first-order valence-electron chi connectivity index (χ1n) is 9.78. The van der Waals surface area contributed by atoms with Gasteiger partial charge in [0.25, 0.3) is 0 Å². The molecule has 0 aromatic heterocycles. The van der Waals surface area contributed by atoms with E-state index in [1.807, 2.05) is 0 Å². The van der Waals surface area contributed by atoms with Crippen LogP contribution in [0, 0.1) is 5.92 Å². The van der Waals surface area contributed by atoms with Crippen molar-refractivity contribution in [1.29, 1.82) is 0 Å². The molecule has 32 heavy (non-hydrogen) atoms. The average molecular weight is 478 g/mol. The first-order chi connectivity index (χ1) is 14.8. The number of nitrogens with two attached hydrogens (primary N) is 2. The monoisotopic (exact) mass is 477 g/mol. The Morgan fingerprint density at radius 2 is 1.38 bits per heavy atom. The number of aliphatic carboxylic acids is 2. The van der Waals surface area contributed by atoms with E-state index in [4.69, 9.17) is 21.7 Å². The summed E-state index contributed by atoms with van der Waals surface area (Å²) in [5, 5.41) is 24.8. The van der Waals surface area contributed by atoms with Gasteiger partial charge in [-0.05, 0) is 18.8 Å². The fraction of sp³-hybridized carbons (Fsp3) is 0.667. The predicted molar refractivity (Wildman–Crippen MR) is 115 cm³/mol. The quantitative estimate of drug-likeness (QED) is 0.117. The van der Waals surface area contributed by atoms with Crippen LogP contribution in [0.15, 0.2) is 0 Å². The lowest BCUT2D eigenvalue weighted by atomic mass is 10.0. The highest BCUT2D eigenvalue weighted by Gasteiger charge is 2.30. The highest BCUT2D eigenvalue weighted by atomic mass is 32.1. The molecule has 182 valence electrons. The molecule has 4 amide bonds. The van der Waals surface area contributed by atoms with Crippen molar-refractivity contribution in [3.8, 4) is 0 Å². The number of thiol groups is 1. The van der Waals surface area contributed by atoms with Gasteiger partial charge in [0.15, 0.2) is 0 Å².